The third kappa shape index (κ3) is 2.09. The summed E-state index contributed by atoms with van der Waals surface area (Å²) < 4.78 is 5.11. The van der Waals surface area contributed by atoms with Crippen molar-refractivity contribution in [1.82, 2.24) is 4.98 Å². The van der Waals surface area contributed by atoms with E-state index in [9.17, 15) is 0 Å². The number of ether oxygens (including phenoxy) is 1. The number of nitrogens with zero attached hydrogens (tertiary/aromatic N) is 2. The lowest BCUT2D eigenvalue weighted by atomic mass is 10.3. The molecular weight excluding hydrogens is 222 g/mol. The Morgan fingerprint density at radius 1 is 1.31 bits per heavy atom. The second kappa shape index (κ2) is 4.40. The summed E-state index contributed by atoms with van der Waals surface area (Å²) in [6.45, 7) is 0. The van der Waals surface area contributed by atoms with Crippen LogP contribution in [-0.2, 0) is 0 Å². The fraction of sp³-hybridized carbons (Fsp3) is 0.182. The van der Waals surface area contributed by atoms with E-state index in [0.717, 1.165) is 21.6 Å². The molecule has 1 aromatic heterocycles. The van der Waals surface area contributed by atoms with Crippen LogP contribution in [0.4, 0.5) is 15.8 Å². The molecule has 0 aliphatic rings. The Labute approximate surface area is 98.3 Å². The maximum absolute atomic E-state index is 5.65. The fourth-order valence-electron chi connectivity index (χ4n) is 1.35. The van der Waals surface area contributed by atoms with Crippen LogP contribution in [0.25, 0.3) is 0 Å². The van der Waals surface area contributed by atoms with Gasteiger partial charge < -0.3 is 15.4 Å². The molecule has 0 radical (unpaired) electrons. The minimum atomic E-state index is 0.718. The number of aromatic nitrogens is 1. The van der Waals surface area contributed by atoms with Crippen LogP contribution in [0.15, 0.2) is 30.5 Å². The number of nitrogen functional groups attached to an aromatic ring is 1. The molecule has 5 heteroatoms. The highest BCUT2D eigenvalue weighted by Crippen LogP contribution is 2.29. The van der Waals surface area contributed by atoms with Gasteiger partial charge in [0.05, 0.1) is 13.3 Å². The molecule has 0 amide bonds. The van der Waals surface area contributed by atoms with Gasteiger partial charge in [-0.05, 0) is 24.3 Å². The Morgan fingerprint density at radius 2 is 2.00 bits per heavy atom. The summed E-state index contributed by atoms with van der Waals surface area (Å²) in [6.07, 6.45) is 1.67. The molecular formula is C11H13N3OS. The Balaban J connectivity index is 2.23. The van der Waals surface area contributed by atoms with Crippen LogP contribution < -0.4 is 15.4 Å². The summed E-state index contributed by atoms with van der Waals surface area (Å²) in [6, 6.07) is 7.80. The summed E-state index contributed by atoms with van der Waals surface area (Å²) in [5, 5.41) is 1.60. The Bertz CT molecular complexity index is 466. The minimum absolute atomic E-state index is 0.718. The number of benzene rings is 1. The Kier molecular flexibility index (Phi) is 2.96. The van der Waals surface area contributed by atoms with Gasteiger partial charge in [0.15, 0.2) is 5.13 Å². The molecule has 0 aliphatic heterocycles. The summed E-state index contributed by atoms with van der Waals surface area (Å²) in [4.78, 5) is 6.21. The fourth-order valence-corrected chi connectivity index (χ4v) is 2.01. The first-order valence-electron chi connectivity index (χ1n) is 4.80. The standard InChI is InChI=1S/C11H13N3OS/c1-14(11-13-7-10(12)16-11)8-3-5-9(15-2)6-4-8/h3-7H,12H2,1-2H3. The van der Waals surface area contributed by atoms with Crippen molar-refractivity contribution in [3.05, 3.63) is 30.5 Å². The maximum atomic E-state index is 5.65. The molecule has 1 heterocycles. The summed E-state index contributed by atoms with van der Waals surface area (Å²) in [5.74, 6) is 0.843. The molecule has 0 saturated carbocycles. The van der Waals surface area contributed by atoms with E-state index in [-0.39, 0.29) is 0 Å². The molecule has 2 rings (SSSR count). The second-order valence-corrected chi connectivity index (χ2v) is 4.34. The first-order valence-corrected chi connectivity index (χ1v) is 5.61. The maximum Gasteiger partial charge on any atom is 0.191 e. The van der Waals surface area contributed by atoms with Crippen molar-refractivity contribution in [3.63, 3.8) is 0 Å². The molecule has 0 spiro atoms. The molecule has 16 heavy (non-hydrogen) atoms. The van der Waals surface area contributed by atoms with Crippen molar-refractivity contribution in [3.8, 4) is 5.75 Å². The molecule has 2 aromatic rings. The summed E-state index contributed by atoms with van der Waals surface area (Å²) in [7, 11) is 3.61. The number of thiazole rings is 1. The van der Waals surface area contributed by atoms with Gasteiger partial charge in [0, 0.05) is 12.7 Å². The average molecular weight is 235 g/mol. The van der Waals surface area contributed by atoms with Crippen molar-refractivity contribution in [2.24, 2.45) is 0 Å². The molecule has 84 valence electrons. The van der Waals surface area contributed by atoms with Crippen LogP contribution in [-0.4, -0.2) is 19.1 Å². The van der Waals surface area contributed by atoms with Crippen LogP contribution in [0.2, 0.25) is 0 Å². The van der Waals surface area contributed by atoms with E-state index in [0.29, 0.717) is 0 Å². The van der Waals surface area contributed by atoms with Gasteiger partial charge in [0.1, 0.15) is 10.8 Å². The number of anilines is 3. The molecule has 0 fully saturated rings. The van der Waals surface area contributed by atoms with Crippen LogP contribution in [0.1, 0.15) is 0 Å². The monoisotopic (exact) mass is 235 g/mol. The molecule has 0 atom stereocenters. The van der Waals surface area contributed by atoms with E-state index in [2.05, 4.69) is 4.98 Å². The van der Waals surface area contributed by atoms with Gasteiger partial charge >= 0.3 is 0 Å². The van der Waals surface area contributed by atoms with Gasteiger partial charge in [-0.1, -0.05) is 11.3 Å². The Morgan fingerprint density at radius 3 is 2.50 bits per heavy atom. The van der Waals surface area contributed by atoms with Crippen LogP contribution in [0.3, 0.4) is 0 Å². The highest BCUT2D eigenvalue weighted by Gasteiger charge is 2.07. The molecule has 0 unspecified atom stereocenters. The van der Waals surface area contributed by atoms with E-state index in [1.54, 1.807) is 13.3 Å². The first-order chi connectivity index (χ1) is 7.70. The topological polar surface area (TPSA) is 51.4 Å². The molecule has 0 saturated heterocycles. The number of hydrogen-bond acceptors (Lipinski definition) is 5. The van der Waals surface area contributed by atoms with E-state index in [4.69, 9.17) is 10.5 Å². The van der Waals surface area contributed by atoms with Crippen molar-refractivity contribution in [2.45, 2.75) is 0 Å². The third-order valence-corrected chi connectivity index (χ3v) is 3.16. The normalized spacial score (nSPS) is 10.1. The van der Waals surface area contributed by atoms with Crippen molar-refractivity contribution in [1.29, 1.82) is 0 Å². The predicted octanol–water partition coefficient (Wildman–Crippen LogP) is 2.50. The van der Waals surface area contributed by atoms with E-state index in [1.807, 2.05) is 36.2 Å². The molecule has 0 aliphatic carbocycles. The number of hydrogen-bond donors (Lipinski definition) is 1. The van der Waals surface area contributed by atoms with E-state index in [1.165, 1.54) is 11.3 Å². The van der Waals surface area contributed by atoms with Gasteiger partial charge in [0.2, 0.25) is 0 Å². The van der Waals surface area contributed by atoms with E-state index >= 15 is 0 Å². The van der Waals surface area contributed by atoms with Crippen molar-refractivity contribution >= 4 is 27.2 Å². The molecule has 2 N–H and O–H groups in total. The van der Waals surface area contributed by atoms with Crippen LogP contribution in [0.5, 0.6) is 5.75 Å². The smallest absolute Gasteiger partial charge is 0.191 e. The summed E-state index contributed by atoms with van der Waals surface area (Å²) >= 11 is 1.46. The number of nitrogens with two attached hydrogens (primary N) is 1. The van der Waals surface area contributed by atoms with Gasteiger partial charge in [-0.2, -0.15) is 0 Å². The first kappa shape index (κ1) is 10.8. The SMILES string of the molecule is COc1ccc(N(C)c2ncc(N)s2)cc1. The van der Waals surface area contributed by atoms with Gasteiger partial charge in [-0.25, -0.2) is 4.98 Å². The quantitative estimate of drug-likeness (QED) is 0.888. The molecule has 1 aromatic carbocycles. The van der Waals surface area contributed by atoms with Gasteiger partial charge in [0.25, 0.3) is 0 Å². The third-order valence-electron chi connectivity index (χ3n) is 2.26. The molecule has 0 bridgehead atoms. The largest absolute Gasteiger partial charge is 0.497 e. The number of methoxy groups -OCH3 is 1. The second-order valence-electron chi connectivity index (χ2n) is 3.30. The zero-order valence-electron chi connectivity index (χ0n) is 9.18. The van der Waals surface area contributed by atoms with Gasteiger partial charge in [-0.15, -0.1) is 0 Å². The zero-order valence-corrected chi connectivity index (χ0v) is 9.99. The average Bonchev–Trinajstić information content (AvgIpc) is 2.75. The van der Waals surface area contributed by atoms with E-state index < -0.39 is 0 Å². The summed E-state index contributed by atoms with van der Waals surface area (Å²) in [5.41, 5.74) is 6.70. The predicted molar refractivity (Wildman–Crippen MR) is 67.6 cm³/mol. The highest BCUT2D eigenvalue weighted by atomic mass is 32.1. The molecule has 4 nitrogen and oxygen atoms in total. The highest BCUT2D eigenvalue weighted by molar-refractivity contribution is 7.19. The lowest BCUT2D eigenvalue weighted by molar-refractivity contribution is 0.415. The lowest BCUT2D eigenvalue weighted by Gasteiger charge is -2.15. The van der Waals surface area contributed by atoms with Crippen LogP contribution in [0, 0.1) is 0 Å². The van der Waals surface area contributed by atoms with Crippen molar-refractivity contribution < 1.29 is 4.74 Å². The lowest BCUT2D eigenvalue weighted by Crippen LogP contribution is -2.08. The van der Waals surface area contributed by atoms with Gasteiger partial charge in [-0.3, -0.25) is 0 Å². The van der Waals surface area contributed by atoms with Crippen molar-refractivity contribution in [2.75, 3.05) is 24.8 Å². The number of rotatable bonds is 3. The van der Waals surface area contributed by atoms with Crippen LogP contribution >= 0.6 is 11.3 Å². The minimum Gasteiger partial charge on any atom is -0.497 e. The Hall–Kier alpha value is -1.75. The zero-order chi connectivity index (χ0) is 11.5.